The zero-order valence-corrected chi connectivity index (χ0v) is 16.8. The molecule has 0 aliphatic carbocycles. The molecule has 0 atom stereocenters. The third-order valence-electron chi connectivity index (χ3n) is 5.00. The maximum absolute atomic E-state index is 13.3. The Morgan fingerprint density at radius 3 is 2.07 bits per heavy atom. The lowest BCUT2D eigenvalue weighted by Gasteiger charge is -2.24. The number of hydrogen-bond donors (Lipinski definition) is 0. The summed E-state index contributed by atoms with van der Waals surface area (Å²) in [4.78, 5) is 15.0. The number of amides is 1. The molecule has 1 saturated heterocycles. The van der Waals surface area contributed by atoms with Crippen molar-refractivity contribution in [1.29, 1.82) is 0 Å². The van der Waals surface area contributed by atoms with Crippen LogP contribution < -0.4 is 9.21 Å². The Bertz CT molecular complexity index is 1080. The minimum atomic E-state index is -3.24. The Hall–Kier alpha value is -3.12. The molecule has 1 aliphatic rings. The van der Waals surface area contributed by atoms with E-state index in [1.165, 1.54) is 4.31 Å². The molecule has 3 aromatic rings. The van der Waals surface area contributed by atoms with Gasteiger partial charge in [-0.25, -0.2) is 8.42 Å². The van der Waals surface area contributed by atoms with Gasteiger partial charge in [-0.2, -0.15) is 0 Å². The van der Waals surface area contributed by atoms with Crippen LogP contribution in [0.5, 0.6) is 0 Å². The van der Waals surface area contributed by atoms with E-state index in [-0.39, 0.29) is 11.7 Å². The molecule has 0 aromatic heterocycles. The zero-order valence-electron chi connectivity index (χ0n) is 15.9. The summed E-state index contributed by atoms with van der Waals surface area (Å²) in [5, 5.41) is 0. The summed E-state index contributed by atoms with van der Waals surface area (Å²) in [6.07, 6.45) is 0.627. The standard InChI is InChI=1S/C23H22N2O3S/c26-23(20-12-14-22(15-13-20)25-16-7-17-29(25,27)28)24(21-10-5-2-6-11-21)18-19-8-3-1-4-9-19/h1-6,8-15H,7,16-18H2. The summed E-state index contributed by atoms with van der Waals surface area (Å²) in [6.45, 7) is 0.936. The molecule has 1 aliphatic heterocycles. The molecule has 0 radical (unpaired) electrons. The van der Waals surface area contributed by atoms with E-state index in [9.17, 15) is 13.2 Å². The molecule has 6 heteroatoms. The van der Waals surface area contributed by atoms with E-state index in [4.69, 9.17) is 0 Å². The van der Waals surface area contributed by atoms with Crippen molar-refractivity contribution in [1.82, 2.24) is 0 Å². The number of nitrogens with zero attached hydrogens (tertiary/aromatic N) is 2. The summed E-state index contributed by atoms with van der Waals surface area (Å²) >= 11 is 0. The average Bonchev–Trinajstić information content (AvgIpc) is 3.12. The predicted molar refractivity (Wildman–Crippen MR) is 116 cm³/mol. The van der Waals surface area contributed by atoms with E-state index in [2.05, 4.69) is 0 Å². The van der Waals surface area contributed by atoms with Gasteiger partial charge in [0.05, 0.1) is 18.0 Å². The van der Waals surface area contributed by atoms with Crippen LogP contribution in [0.15, 0.2) is 84.9 Å². The quantitative estimate of drug-likeness (QED) is 0.642. The van der Waals surface area contributed by atoms with Gasteiger partial charge in [-0.1, -0.05) is 48.5 Å². The van der Waals surface area contributed by atoms with E-state index in [0.717, 1.165) is 11.3 Å². The summed E-state index contributed by atoms with van der Waals surface area (Å²) in [6, 6.07) is 26.2. The first kappa shape index (κ1) is 19.2. The van der Waals surface area contributed by atoms with Gasteiger partial charge < -0.3 is 4.90 Å². The lowest BCUT2D eigenvalue weighted by atomic mass is 10.1. The summed E-state index contributed by atoms with van der Waals surface area (Å²) in [5.74, 6) is 0.0443. The van der Waals surface area contributed by atoms with Crippen molar-refractivity contribution in [2.45, 2.75) is 13.0 Å². The Kier molecular flexibility index (Phi) is 5.36. The SMILES string of the molecule is O=C(c1ccc(N2CCCS2(=O)=O)cc1)N(Cc1ccccc1)c1ccccc1. The summed E-state index contributed by atoms with van der Waals surface area (Å²) < 4.78 is 25.7. The van der Waals surface area contributed by atoms with Crippen LogP contribution in [0.25, 0.3) is 0 Å². The van der Waals surface area contributed by atoms with Gasteiger partial charge in [-0.15, -0.1) is 0 Å². The van der Waals surface area contributed by atoms with Gasteiger partial charge >= 0.3 is 0 Å². The second-order valence-electron chi connectivity index (χ2n) is 7.00. The molecule has 1 fully saturated rings. The molecule has 4 rings (SSSR count). The molecular formula is C23H22N2O3S. The molecule has 29 heavy (non-hydrogen) atoms. The fourth-order valence-corrected chi connectivity index (χ4v) is 5.07. The highest BCUT2D eigenvalue weighted by Crippen LogP contribution is 2.26. The van der Waals surface area contributed by atoms with Crippen molar-refractivity contribution < 1.29 is 13.2 Å². The molecule has 0 spiro atoms. The lowest BCUT2D eigenvalue weighted by Crippen LogP contribution is -2.30. The first-order valence-electron chi connectivity index (χ1n) is 9.56. The normalized spacial score (nSPS) is 15.2. The Morgan fingerprint density at radius 2 is 1.48 bits per heavy atom. The Balaban J connectivity index is 1.62. The molecule has 0 N–H and O–H groups in total. The zero-order chi connectivity index (χ0) is 20.3. The minimum Gasteiger partial charge on any atom is -0.304 e. The van der Waals surface area contributed by atoms with Crippen molar-refractivity contribution >= 4 is 27.3 Å². The van der Waals surface area contributed by atoms with Crippen LogP contribution in [-0.2, 0) is 16.6 Å². The fourth-order valence-electron chi connectivity index (χ4n) is 3.51. The van der Waals surface area contributed by atoms with Crippen LogP contribution >= 0.6 is 0 Å². The first-order valence-corrected chi connectivity index (χ1v) is 11.2. The topological polar surface area (TPSA) is 57.7 Å². The number of rotatable bonds is 5. The molecule has 3 aromatic carbocycles. The van der Waals surface area contributed by atoms with Crippen molar-refractivity contribution in [2.24, 2.45) is 0 Å². The van der Waals surface area contributed by atoms with E-state index < -0.39 is 10.0 Å². The van der Waals surface area contributed by atoms with Gasteiger partial charge in [0.15, 0.2) is 0 Å². The lowest BCUT2D eigenvalue weighted by molar-refractivity contribution is 0.0985. The number of para-hydroxylation sites is 1. The number of benzene rings is 3. The Labute approximate surface area is 171 Å². The van der Waals surface area contributed by atoms with E-state index in [1.807, 2.05) is 60.7 Å². The summed E-state index contributed by atoms with van der Waals surface area (Å²) in [7, 11) is -3.24. The maximum Gasteiger partial charge on any atom is 0.258 e. The fraction of sp³-hybridized carbons (Fsp3) is 0.174. The first-order chi connectivity index (χ1) is 14.0. The van der Waals surface area contributed by atoms with Crippen LogP contribution in [0.1, 0.15) is 22.3 Å². The monoisotopic (exact) mass is 406 g/mol. The predicted octanol–water partition coefficient (Wildman–Crippen LogP) is 4.07. The second-order valence-corrected chi connectivity index (χ2v) is 9.01. The number of sulfonamides is 1. The average molecular weight is 407 g/mol. The highest BCUT2D eigenvalue weighted by Gasteiger charge is 2.28. The van der Waals surface area contributed by atoms with Crippen molar-refractivity contribution in [3.8, 4) is 0 Å². The third kappa shape index (κ3) is 4.17. The van der Waals surface area contributed by atoms with Gasteiger partial charge in [0.2, 0.25) is 10.0 Å². The molecule has 0 bridgehead atoms. The summed E-state index contributed by atoms with van der Waals surface area (Å²) in [5.41, 5.74) is 2.97. The smallest absolute Gasteiger partial charge is 0.258 e. The third-order valence-corrected chi connectivity index (χ3v) is 6.87. The van der Waals surface area contributed by atoms with Crippen LogP contribution in [0.2, 0.25) is 0 Å². The van der Waals surface area contributed by atoms with E-state index in [1.54, 1.807) is 29.2 Å². The van der Waals surface area contributed by atoms with Crippen LogP contribution in [0, 0.1) is 0 Å². The number of carbonyl (C=O) groups excluding carboxylic acids is 1. The number of anilines is 2. The Morgan fingerprint density at radius 1 is 0.862 bits per heavy atom. The second kappa shape index (κ2) is 8.09. The number of carbonyl (C=O) groups is 1. The highest BCUT2D eigenvalue weighted by molar-refractivity contribution is 7.93. The van der Waals surface area contributed by atoms with Crippen molar-refractivity contribution in [3.05, 3.63) is 96.1 Å². The molecule has 1 heterocycles. The molecule has 1 amide bonds. The van der Waals surface area contributed by atoms with Gasteiger partial charge in [-0.3, -0.25) is 9.10 Å². The van der Waals surface area contributed by atoms with Gasteiger partial charge in [0.25, 0.3) is 5.91 Å². The van der Waals surface area contributed by atoms with Crippen molar-refractivity contribution in [2.75, 3.05) is 21.5 Å². The largest absolute Gasteiger partial charge is 0.304 e. The van der Waals surface area contributed by atoms with E-state index in [0.29, 0.717) is 30.8 Å². The molecule has 5 nitrogen and oxygen atoms in total. The van der Waals surface area contributed by atoms with Gasteiger partial charge in [0.1, 0.15) is 0 Å². The number of hydrogen-bond acceptors (Lipinski definition) is 3. The highest BCUT2D eigenvalue weighted by atomic mass is 32.2. The van der Waals surface area contributed by atoms with Crippen LogP contribution in [-0.4, -0.2) is 26.6 Å². The molecule has 0 saturated carbocycles. The van der Waals surface area contributed by atoms with E-state index >= 15 is 0 Å². The maximum atomic E-state index is 13.3. The van der Waals surface area contributed by atoms with Gasteiger partial charge in [-0.05, 0) is 48.4 Å². The minimum absolute atomic E-state index is 0.129. The molecular weight excluding hydrogens is 384 g/mol. The van der Waals surface area contributed by atoms with Crippen molar-refractivity contribution in [3.63, 3.8) is 0 Å². The van der Waals surface area contributed by atoms with Crippen LogP contribution in [0.4, 0.5) is 11.4 Å². The molecule has 0 unspecified atom stereocenters. The van der Waals surface area contributed by atoms with Crippen LogP contribution in [0.3, 0.4) is 0 Å². The molecule has 148 valence electrons. The van der Waals surface area contributed by atoms with Gasteiger partial charge in [0, 0.05) is 17.8 Å².